The second-order valence-electron chi connectivity index (χ2n) is 6.36. The first-order chi connectivity index (χ1) is 14.0. The molecule has 0 aliphatic carbocycles. The molecule has 1 aromatic carbocycles. The lowest BCUT2D eigenvalue weighted by Crippen LogP contribution is -2.06. The normalized spacial score (nSPS) is 10.6. The fraction of sp³-hybridized carbons (Fsp3) is 0.300. The van der Waals surface area contributed by atoms with E-state index in [0.29, 0.717) is 18.2 Å². The standard InChI is InChI=1S/C20H24N6O2S/c1-13-18(29-20(23-13)22-9-5-11-28-3)17-8-10-21-19(26-17)25-16-7-4-6-15(12-16)24-14(2)27/h4,6-8,10,12H,5,9,11H2,1-3H3,(H,22,23)(H,24,27)(H,21,25,26). The van der Waals surface area contributed by atoms with E-state index in [2.05, 4.69) is 30.9 Å². The van der Waals surface area contributed by atoms with E-state index in [1.165, 1.54) is 6.92 Å². The minimum absolute atomic E-state index is 0.118. The number of ether oxygens (including phenoxy) is 1. The summed E-state index contributed by atoms with van der Waals surface area (Å²) in [7, 11) is 1.70. The van der Waals surface area contributed by atoms with Gasteiger partial charge < -0.3 is 20.7 Å². The molecule has 3 N–H and O–H groups in total. The first-order valence-corrected chi connectivity index (χ1v) is 10.0. The van der Waals surface area contributed by atoms with E-state index in [0.717, 1.165) is 40.0 Å². The average Bonchev–Trinajstić information content (AvgIpc) is 3.06. The number of anilines is 4. The van der Waals surface area contributed by atoms with Crippen molar-refractivity contribution < 1.29 is 9.53 Å². The number of rotatable bonds is 9. The summed E-state index contributed by atoms with van der Waals surface area (Å²) in [5, 5.41) is 10.1. The van der Waals surface area contributed by atoms with Crippen molar-refractivity contribution in [2.24, 2.45) is 0 Å². The van der Waals surface area contributed by atoms with Crippen LogP contribution in [-0.4, -0.2) is 41.1 Å². The van der Waals surface area contributed by atoms with Gasteiger partial charge in [-0.2, -0.15) is 0 Å². The maximum atomic E-state index is 11.2. The number of carbonyl (C=O) groups is 1. The fourth-order valence-corrected chi connectivity index (χ4v) is 3.64. The molecule has 0 aliphatic rings. The number of aromatic nitrogens is 3. The van der Waals surface area contributed by atoms with Crippen LogP contribution in [0.3, 0.4) is 0 Å². The van der Waals surface area contributed by atoms with Gasteiger partial charge in [0, 0.05) is 44.8 Å². The van der Waals surface area contributed by atoms with Crippen molar-refractivity contribution in [2.75, 3.05) is 36.2 Å². The van der Waals surface area contributed by atoms with E-state index < -0.39 is 0 Å². The van der Waals surface area contributed by atoms with Crippen LogP contribution in [0.25, 0.3) is 10.6 Å². The predicted octanol–water partition coefficient (Wildman–Crippen LogP) is 4.06. The van der Waals surface area contributed by atoms with E-state index in [1.807, 2.05) is 37.3 Å². The zero-order chi connectivity index (χ0) is 20.6. The van der Waals surface area contributed by atoms with Crippen LogP contribution in [0.4, 0.5) is 22.5 Å². The van der Waals surface area contributed by atoms with Crippen LogP contribution < -0.4 is 16.0 Å². The Balaban J connectivity index is 1.73. The highest BCUT2D eigenvalue weighted by Crippen LogP contribution is 2.32. The highest BCUT2D eigenvalue weighted by Gasteiger charge is 2.12. The molecule has 0 spiro atoms. The lowest BCUT2D eigenvalue weighted by Gasteiger charge is -2.08. The number of carbonyl (C=O) groups excluding carboxylic acids is 1. The van der Waals surface area contributed by atoms with Gasteiger partial charge in [-0.25, -0.2) is 15.0 Å². The molecule has 29 heavy (non-hydrogen) atoms. The molecule has 152 valence electrons. The summed E-state index contributed by atoms with van der Waals surface area (Å²) in [5.41, 5.74) is 3.22. The Bertz CT molecular complexity index is 975. The van der Waals surface area contributed by atoms with Gasteiger partial charge in [0.15, 0.2) is 5.13 Å². The number of methoxy groups -OCH3 is 1. The first kappa shape index (κ1) is 20.7. The van der Waals surface area contributed by atoms with Gasteiger partial charge in [-0.1, -0.05) is 17.4 Å². The minimum atomic E-state index is -0.118. The van der Waals surface area contributed by atoms with Crippen LogP contribution in [0, 0.1) is 6.92 Å². The Morgan fingerprint density at radius 1 is 1.21 bits per heavy atom. The summed E-state index contributed by atoms with van der Waals surface area (Å²) in [6.07, 6.45) is 2.64. The predicted molar refractivity (Wildman–Crippen MR) is 117 cm³/mol. The molecule has 1 amide bonds. The zero-order valence-electron chi connectivity index (χ0n) is 16.7. The number of hydrogen-bond donors (Lipinski definition) is 3. The van der Waals surface area contributed by atoms with Gasteiger partial charge in [0.2, 0.25) is 11.9 Å². The molecule has 0 fully saturated rings. The Morgan fingerprint density at radius 3 is 2.83 bits per heavy atom. The van der Waals surface area contributed by atoms with Crippen molar-refractivity contribution >= 4 is 39.7 Å². The van der Waals surface area contributed by atoms with Gasteiger partial charge in [0.1, 0.15) is 0 Å². The first-order valence-electron chi connectivity index (χ1n) is 9.23. The van der Waals surface area contributed by atoms with Crippen molar-refractivity contribution in [2.45, 2.75) is 20.3 Å². The Labute approximate surface area is 173 Å². The summed E-state index contributed by atoms with van der Waals surface area (Å²) < 4.78 is 5.06. The molecule has 0 saturated heterocycles. The molecule has 2 heterocycles. The maximum absolute atomic E-state index is 11.2. The quantitative estimate of drug-likeness (QED) is 0.456. The van der Waals surface area contributed by atoms with Crippen LogP contribution in [0.1, 0.15) is 19.0 Å². The third kappa shape index (κ3) is 5.97. The summed E-state index contributed by atoms with van der Waals surface area (Å²) in [4.78, 5) is 25.8. The van der Waals surface area contributed by atoms with Gasteiger partial charge in [0.05, 0.1) is 16.3 Å². The van der Waals surface area contributed by atoms with Crippen molar-refractivity contribution in [3.8, 4) is 10.6 Å². The maximum Gasteiger partial charge on any atom is 0.227 e. The second-order valence-corrected chi connectivity index (χ2v) is 7.36. The molecule has 0 unspecified atom stereocenters. The number of benzene rings is 1. The number of nitrogens with zero attached hydrogens (tertiary/aromatic N) is 3. The molecule has 8 nitrogen and oxygen atoms in total. The van der Waals surface area contributed by atoms with Crippen molar-refractivity contribution in [1.29, 1.82) is 0 Å². The lowest BCUT2D eigenvalue weighted by atomic mass is 10.2. The van der Waals surface area contributed by atoms with Crippen LogP contribution in [0.15, 0.2) is 36.5 Å². The minimum Gasteiger partial charge on any atom is -0.385 e. The molecule has 3 aromatic rings. The topological polar surface area (TPSA) is 101 Å². The van der Waals surface area contributed by atoms with Gasteiger partial charge in [-0.3, -0.25) is 4.79 Å². The largest absolute Gasteiger partial charge is 0.385 e. The molecule has 0 aliphatic heterocycles. The summed E-state index contributed by atoms with van der Waals surface area (Å²) >= 11 is 1.57. The zero-order valence-corrected chi connectivity index (χ0v) is 17.5. The van der Waals surface area contributed by atoms with E-state index in [-0.39, 0.29) is 5.91 Å². The average molecular weight is 413 g/mol. The van der Waals surface area contributed by atoms with Gasteiger partial charge >= 0.3 is 0 Å². The van der Waals surface area contributed by atoms with Gasteiger partial charge in [-0.15, -0.1) is 0 Å². The number of thiazole rings is 1. The lowest BCUT2D eigenvalue weighted by molar-refractivity contribution is -0.114. The monoisotopic (exact) mass is 412 g/mol. The summed E-state index contributed by atoms with van der Waals surface area (Å²) in [6, 6.07) is 9.27. The molecule has 0 saturated carbocycles. The molecular weight excluding hydrogens is 388 g/mol. The van der Waals surface area contributed by atoms with Crippen molar-refractivity contribution in [3.63, 3.8) is 0 Å². The summed E-state index contributed by atoms with van der Waals surface area (Å²) in [5.74, 6) is 0.359. The number of nitrogens with one attached hydrogen (secondary N) is 3. The highest BCUT2D eigenvalue weighted by molar-refractivity contribution is 7.19. The van der Waals surface area contributed by atoms with E-state index in [9.17, 15) is 4.79 Å². The Hall–Kier alpha value is -3.04. The smallest absolute Gasteiger partial charge is 0.227 e. The van der Waals surface area contributed by atoms with Gasteiger partial charge in [-0.05, 0) is 37.6 Å². The van der Waals surface area contributed by atoms with Gasteiger partial charge in [0.25, 0.3) is 0 Å². The second kappa shape index (κ2) is 9.94. The van der Waals surface area contributed by atoms with E-state index in [4.69, 9.17) is 4.74 Å². The third-order valence-electron chi connectivity index (χ3n) is 3.93. The SMILES string of the molecule is COCCCNc1nc(C)c(-c2ccnc(Nc3cccc(NC(C)=O)c3)n2)s1. The molecule has 3 rings (SSSR count). The molecule has 0 atom stereocenters. The van der Waals surface area contributed by atoms with E-state index >= 15 is 0 Å². The fourth-order valence-electron chi connectivity index (χ4n) is 2.67. The molecule has 0 radical (unpaired) electrons. The number of amides is 1. The molecule has 0 bridgehead atoms. The van der Waals surface area contributed by atoms with Crippen molar-refractivity contribution in [3.05, 3.63) is 42.2 Å². The van der Waals surface area contributed by atoms with Crippen LogP contribution in [-0.2, 0) is 9.53 Å². The third-order valence-corrected chi connectivity index (χ3v) is 5.06. The number of hydrogen-bond acceptors (Lipinski definition) is 8. The van der Waals surface area contributed by atoms with E-state index in [1.54, 1.807) is 24.6 Å². The summed E-state index contributed by atoms with van der Waals surface area (Å²) in [6.45, 7) is 4.97. The van der Waals surface area contributed by atoms with Crippen molar-refractivity contribution in [1.82, 2.24) is 15.0 Å². The molecule has 2 aromatic heterocycles. The molecule has 9 heteroatoms. The van der Waals surface area contributed by atoms with Crippen LogP contribution in [0.2, 0.25) is 0 Å². The Kier molecular flexibility index (Phi) is 7.09. The number of aryl methyl sites for hydroxylation is 1. The highest BCUT2D eigenvalue weighted by atomic mass is 32.1. The van der Waals surface area contributed by atoms with Crippen LogP contribution >= 0.6 is 11.3 Å². The van der Waals surface area contributed by atoms with Crippen LogP contribution in [0.5, 0.6) is 0 Å². The molecular formula is C20H24N6O2S. The Morgan fingerprint density at radius 2 is 2.03 bits per heavy atom.